The molecule has 1 amide bonds. The molecule has 0 fully saturated rings. The van der Waals surface area contributed by atoms with Gasteiger partial charge in [0.15, 0.2) is 0 Å². The van der Waals surface area contributed by atoms with Crippen LogP contribution in [0.2, 0.25) is 5.02 Å². The van der Waals surface area contributed by atoms with Crippen LogP contribution in [0, 0.1) is 0 Å². The fraction of sp³-hybridized carbons (Fsp3) is 0.286. The van der Waals surface area contributed by atoms with Gasteiger partial charge in [-0.2, -0.15) is 4.98 Å². The second-order valence-electron chi connectivity index (χ2n) is 6.60. The average molecular weight is 430 g/mol. The predicted octanol–water partition coefficient (Wildman–Crippen LogP) is 4.86. The van der Waals surface area contributed by atoms with Gasteiger partial charge in [0.1, 0.15) is 5.75 Å². The highest BCUT2D eigenvalue weighted by molar-refractivity contribution is 7.99. The van der Waals surface area contributed by atoms with Crippen LogP contribution in [0.4, 0.5) is 5.69 Å². The zero-order chi connectivity index (χ0) is 20.2. The van der Waals surface area contributed by atoms with Gasteiger partial charge in [-0.1, -0.05) is 16.8 Å². The molecule has 0 aliphatic carbocycles. The Morgan fingerprint density at radius 2 is 2.10 bits per heavy atom. The van der Waals surface area contributed by atoms with Crippen molar-refractivity contribution in [3.63, 3.8) is 0 Å². The van der Waals surface area contributed by atoms with E-state index in [1.54, 1.807) is 18.9 Å². The van der Waals surface area contributed by atoms with Gasteiger partial charge in [-0.05, 0) is 48.9 Å². The molecule has 0 unspecified atom stereocenters. The molecule has 6 nitrogen and oxygen atoms in total. The Morgan fingerprint density at radius 1 is 1.28 bits per heavy atom. The maximum Gasteiger partial charge on any atom is 0.227 e. The van der Waals surface area contributed by atoms with E-state index in [0.29, 0.717) is 42.5 Å². The highest BCUT2D eigenvalue weighted by Gasteiger charge is 2.23. The third-order valence-electron chi connectivity index (χ3n) is 4.68. The Bertz CT molecular complexity index is 1010. The second kappa shape index (κ2) is 8.88. The maximum absolute atomic E-state index is 12.7. The van der Waals surface area contributed by atoms with Crippen molar-refractivity contribution in [3.8, 4) is 17.1 Å². The number of rotatable bonds is 6. The van der Waals surface area contributed by atoms with Gasteiger partial charge < -0.3 is 14.2 Å². The number of ether oxygens (including phenoxy) is 1. The largest absolute Gasteiger partial charge is 0.497 e. The zero-order valence-electron chi connectivity index (χ0n) is 15.9. The molecule has 2 aromatic carbocycles. The van der Waals surface area contributed by atoms with Crippen LogP contribution in [-0.2, 0) is 11.2 Å². The highest BCUT2D eigenvalue weighted by atomic mass is 35.5. The lowest BCUT2D eigenvalue weighted by atomic mass is 10.2. The number of fused-ring (bicyclic) bond motifs is 1. The summed E-state index contributed by atoms with van der Waals surface area (Å²) in [6, 6.07) is 13.2. The summed E-state index contributed by atoms with van der Waals surface area (Å²) in [6.07, 6.45) is 1.61. The fourth-order valence-corrected chi connectivity index (χ4v) is 4.33. The number of benzene rings is 2. The van der Waals surface area contributed by atoms with E-state index in [1.807, 2.05) is 47.4 Å². The van der Waals surface area contributed by atoms with Crippen molar-refractivity contribution >= 4 is 35.0 Å². The number of amides is 1. The van der Waals surface area contributed by atoms with Crippen LogP contribution in [0.25, 0.3) is 11.4 Å². The van der Waals surface area contributed by atoms with E-state index in [-0.39, 0.29) is 5.91 Å². The lowest BCUT2D eigenvalue weighted by Gasteiger charge is -2.29. The lowest BCUT2D eigenvalue weighted by Crippen LogP contribution is -2.35. The molecule has 1 aromatic heterocycles. The Morgan fingerprint density at radius 3 is 2.90 bits per heavy atom. The van der Waals surface area contributed by atoms with E-state index >= 15 is 0 Å². The molecular formula is C21H20ClN3O3S. The SMILES string of the molecule is COc1ccc(-c2noc(CCCC(=O)N3CCSc4ccc(Cl)cc43)n2)cc1. The lowest BCUT2D eigenvalue weighted by molar-refractivity contribution is -0.118. The normalized spacial score (nSPS) is 13.2. The molecule has 0 N–H and O–H groups in total. The molecule has 0 spiro atoms. The summed E-state index contributed by atoms with van der Waals surface area (Å²) in [5.74, 6) is 2.81. The standard InChI is InChI=1S/C21H20ClN3O3S/c1-27-16-8-5-14(6-9-16)21-23-19(28-24-21)3-2-4-20(26)25-11-12-29-18-10-7-15(22)13-17(18)25/h5-10,13H,2-4,11-12H2,1H3. The smallest absolute Gasteiger partial charge is 0.227 e. The molecule has 1 aliphatic heterocycles. The van der Waals surface area contributed by atoms with Gasteiger partial charge in [0, 0.05) is 40.6 Å². The van der Waals surface area contributed by atoms with Crippen molar-refractivity contribution < 1.29 is 14.1 Å². The summed E-state index contributed by atoms with van der Waals surface area (Å²) in [7, 11) is 1.62. The first-order valence-corrected chi connectivity index (χ1v) is 10.7. The predicted molar refractivity (Wildman–Crippen MR) is 114 cm³/mol. The summed E-state index contributed by atoms with van der Waals surface area (Å²) in [6.45, 7) is 0.693. The summed E-state index contributed by atoms with van der Waals surface area (Å²) in [5, 5.41) is 4.67. The number of carbonyl (C=O) groups excluding carboxylic acids is 1. The molecule has 4 rings (SSSR count). The number of carbonyl (C=O) groups is 1. The van der Waals surface area contributed by atoms with Crippen molar-refractivity contribution in [3.05, 3.63) is 53.4 Å². The van der Waals surface area contributed by atoms with E-state index in [0.717, 1.165) is 27.6 Å². The first kappa shape index (κ1) is 19.8. The van der Waals surface area contributed by atoms with Gasteiger partial charge in [0.25, 0.3) is 0 Å². The van der Waals surface area contributed by atoms with E-state index in [1.165, 1.54) is 0 Å². The topological polar surface area (TPSA) is 68.5 Å². The van der Waals surface area contributed by atoms with Gasteiger partial charge in [-0.3, -0.25) is 4.79 Å². The third kappa shape index (κ3) is 4.57. The molecule has 3 aromatic rings. The summed E-state index contributed by atoms with van der Waals surface area (Å²) in [4.78, 5) is 20.1. The number of anilines is 1. The van der Waals surface area contributed by atoms with Crippen LogP contribution in [0.5, 0.6) is 5.75 Å². The fourth-order valence-electron chi connectivity index (χ4n) is 3.19. The minimum Gasteiger partial charge on any atom is -0.497 e. The second-order valence-corrected chi connectivity index (χ2v) is 8.17. The molecule has 2 heterocycles. The molecule has 0 radical (unpaired) electrons. The van der Waals surface area contributed by atoms with Crippen LogP contribution >= 0.6 is 23.4 Å². The number of halogens is 1. The number of aromatic nitrogens is 2. The average Bonchev–Trinajstić information content (AvgIpc) is 3.22. The van der Waals surface area contributed by atoms with Crippen molar-refractivity contribution in [2.75, 3.05) is 24.3 Å². The molecule has 0 atom stereocenters. The molecule has 150 valence electrons. The van der Waals surface area contributed by atoms with Crippen molar-refractivity contribution in [2.24, 2.45) is 0 Å². The number of hydrogen-bond donors (Lipinski definition) is 0. The monoisotopic (exact) mass is 429 g/mol. The molecule has 0 saturated carbocycles. The van der Waals surface area contributed by atoms with Gasteiger partial charge in [-0.15, -0.1) is 11.8 Å². The molecule has 8 heteroatoms. The van der Waals surface area contributed by atoms with Gasteiger partial charge in [0.05, 0.1) is 12.8 Å². The number of thioether (sulfide) groups is 1. The summed E-state index contributed by atoms with van der Waals surface area (Å²) < 4.78 is 10.5. The first-order chi connectivity index (χ1) is 14.1. The van der Waals surface area contributed by atoms with Crippen LogP contribution in [-0.4, -0.2) is 35.5 Å². The minimum atomic E-state index is 0.0868. The number of methoxy groups -OCH3 is 1. The Labute approximate surface area is 178 Å². The van der Waals surface area contributed by atoms with Gasteiger partial charge in [-0.25, -0.2) is 0 Å². The molecule has 1 aliphatic rings. The van der Waals surface area contributed by atoms with E-state index in [4.69, 9.17) is 20.9 Å². The highest BCUT2D eigenvalue weighted by Crippen LogP contribution is 2.36. The molecule has 0 saturated heterocycles. The quantitative estimate of drug-likeness (QED) is 0.557. The Hall–Kier alpha value is -2.51. The van der Waals surface area contributed by atoms with E-state index in [2.05, 4.69) is 10.1 Å². The molecular weight excluding hydrogens is 410 g/mol. The van der Waals surface area contributed by atoms with Crippen LogP contribution < -0.4 is 9.64 Å². The van der Waals surface area contributed by atoms with Crippen molar-refractivity contribution in [1.82, 2.24) is 10.1 Å². The van der Waals surface area contributed by atoms with Crippen molar-refractivity contribution in [1.29, 1.82) is 0 Å². The van der Waals surface area contributed by atoms with Crippen LogP contribution in [0.15, 0.2) is 51.9 Å². The maximum atomic E-state index is 12.7. The number of hydrogen-bond acceptors (Lipinski definition) is 6. The third-order valence-corrected chi connectivity index (χ3v) is 5.96. The first-order valence-electron chi connectivity index (χ1n) is 9.34. The number of nitrogens with zero attached hydrogens (tertiary/aromatic N) is 3. The number of aryl methyl sites for hydroxylation is 1. The molecule has 0 bridgehead atoms. The van der Waals surface area contributed by atoms with Crippen LogP contribution in [0.3, 0.4) is 0 Å². The summed E-state index contributed by atoms with van der Waals surface area (Å²) >= 11 is 7.87. The summed E-state index contributed by atoms with van der Waals surface area (Å²) in [5.41, 5.74) is 1.76. The van der Waals surface area contributed by atoms with Crippen molar-refractivity contribution in [2.45, 2.75) is 24.2 Å². The van der Waals surface area contributed by atoms with Gasteiger partial charge in [0.2, 0.25) is 17.6 Å². The van der Waals surface area contributed by atoms with Crippen LogP contribution in [0.1, 0.15) is 18.7 Å². The van der Waals surface area contributed by atoms with E-state index < -0.39 is 0 Å². The Balaban J connectivity index is 1.35. The minimum absolute atomic E-state index is 0.0868. The van der Waals surface area contributed by atoms with E-state index in [9.17, 15) is 4.79 Å². The Kier molecular flexibility index (Phi) is 6.06. The zero-order valence-corrected chi connectivity index (χ0v) is 17.5. The van der Waals surface area contributed by atoms with Gasteiger partial charge >= 0.3 is 0 Å². The molecule has 29 heavy (non-hydrogen) atoms.